The van der Waals surface area contributed by atoms with Gasteiger partial charge in [0.25, 0.3) is 5.91 Å². The standard InChI is InChI=1S/C19H16Cl2N4O/c1-11-4-3-5-12(2)17(11)25-19-22-9-8-16(24-19)18(26)23-15-7-6-13(20)10-14(15)21/h3-10H,1-2H3,(H,23,26)(H,22,24,25). The van der Waals surface area contributed by atoms with Crippen LogP contribution in [0.25, 0.3) is 0 Å². The van der Waals surface area contributed by atoms with Crippen LogP contribution < -0.4 is 10.6 Å². The number of halogens is 2. The number of hydrogen-bond acceptors (Lipinski definition) is 4. The van der Waals surface area contributed by atoms with Gasteiger partial charge >= 0.3 is 0 Å². The minimum absolute atomic E-state index is 0.222. The fourth-order valence-electron chi connectivity index (χ4n) is 2.45. The van der Waals surface area contributed by atoms with E-state index in [0.717, 1.165) is 16.8 Å². The van der Waals surface area contributed by atoms with Crippen molar-refractivity contribution in [2.75, 3.05) is 10.6 Å². The topological polar surface area (TPSA) is 66.9 Å². The molecule has 0 atom stereocenters. The molecule has 3 rings (SSSR count). The number of aromatic nitrogens is 2. The van der Waals surface area contributed by atoms with Gasteiger partial charge in [-0.1, -0.05) is 41.4 Å². The molecule has 0 aliphatic rings. The summed E-state index contributed by atoms with van der Waals surface area (Å²) in [6, 6.07) is 12.4. The number of benzene rings is 2. The summed E-state index contributed by atoms with van der Waals surface area (Å²) in [6.07, 6.45) is 1.53. The largest absolute Gasteiger partial charge is 0.324 e. The molecule has 132 valence electrons. The lowest BCUT2D eigenvalue weighted by molar-refractivity contribution is 0.102. The van der Waals surface area contributed by atoms with Crippen LogP contribution in [0, 0.1) is 13.8 Å². The predicted octanol–water partition coefficient (Wildman–Crippen LogP) is 5.40. The lowest BCUT2D eigenvalue weighted by atomic mass is 10.1. The van der Waals surface area contributed by atoms with Gasteiger partial charge in [0.05, 0.1) is 10.7 Å². The van der Waals surface area contributed by atoms with Crippen LogP contribution in [0.5, 0.6) is 0 Å². The van der Waals surface area contributed by atoms with Crippen molar-refractivity contribution in [2.45, 2.75) is 13.8 Å². The summed E-state index contributed by atoms with van der Waals surface area (Å²) in [7, 11) is 0. The maximum atomic E-state index is 12.5. The van der Waals surface area contributed by atoms with Gasteiger partial charge in [0.2, 0.25) is 5.95 Å². The molecule has 3 aromatic rings. The Bertz CT molecular complexity index is 955. The summed E-state index contributed by atoms with van der Waals surface area (Å²) >= 11 is 12.0. The van der Waals surface area contributed by atoms with Crippen LogP contribution in [-0.4, -0.2) is 15.9 Å². The van der Waals surface area contributed by atoms with E-state index in [-0.39, 0.29) is 11.6 Å². The Balaban J connectivity index is 1.81. The van der Waals surface area contributed by atoms with Crippen LogP contribution >= 0.6 is 23.2 Å². The molecule has 0 aliphatic carbocycles. The second kappa shape index (κ2) is 7.72. The molecule has 1 amide bonds. The van der Waals surface area contributed by atoms with E-state index in [4.69, 9.17) is 23.2 Å². The zero-order chi connectivity index (χ0) is 18.7. The smallest absolute Gasteiger partial charge is 0.274 e. The fraction of sp³-hybridized carbons (Fsp3) is 0.105. The van der Waals surface area contributed by atoms with Crippen molar-refractivity contribution in [1.29, 1.82) is 0 Å². The van der Waals surface area contributed by atoms with E-state index in [1.54, 1.807) is 18.2 Å². The van der Waals surface area contributed by atoms with Crippen molar-refractivity contribution in [3.05, 3.63) is 75.5 Å². The molecule has 2 N–H and O–H groups in total. The van der Waals surface area contributed by atoms with Crippen LogP contribution in [0.3, 0.4) is 0 Å². The molecule has 26 heavy (non-hydrogen) atoms. The number of hydrogen-bond donors (Lipinski definition) is 2. The van der Waals surface area contributed by atoms with Gasteiger partial charge in [0.1, 0.15) is 5.69 Å². The molecule has 0 spiro atoms. The molecule has 1 aromatic heterocycles. The second-order valence-corrected chi connectivity index (χ2v) is 6.58. The predicted molar refractivity (Wildman–Crippen MR) is 106 cm³/mol. The van der Waals surface area contributed by atoms with Crippen molar-refractivity contribution in [1.82, 2.24) is 9.97 Å². The maximum Gasteiger partial charge on any atom is 0.274 e. The van der Waals surface area contributed by atoms with Crippen molar-refractivity contribution in [3.8, 4) is 0 Å². The highest BCUT2D eigenvalue weighted by atomic mass is 35.5. The third-order valence-electron chi connectivity index (χ3n) is 3.79. The molecule has 0 radical (unpaired) electrons. The Morgan fingerprint density at radius 3 is 2.46 bits per heavy atom. The van der Waals surface area contributed by atoms with Crippen molar-refractivity contribution >= 4 is 46.4 Å². The summed E-state index contributed by atoms with van der Waals surface area (Å²) in [5, 5.41) is 6.74. The summed E-state index contributed by atoms with van der Waals surface area (Å²) in [5.74, 6) is -0.0431. The number of aryl methyl sites for hydroxylation is 2. The van der Waals surface area contributed by atoms with Gasteiger partial charge in [-0.2, -0.15) is 0 Å². The first-order valence-electron chi connectivity index (χ1n) is 7.87. The van der Waals surface area contributed by atoms with E-state index >= 15 is 0 Å². The molecule has 0 aliphatic heterocycles. The number of rotatable bonds is 4. The average molecular weight is 387 g/mol. The quantitative estimate of drug-likeness (QED) is 0.629. The molecule has 0 saturated carbocycles. The van der Waals surface area contributed by atoms with Gasteiger partial charge in [-0.3, -0.25) is 4.79 Å². The Hall–Kier alpha value is -2.63. The number of carbonyl (C=O) groups is 1. The lowest BCUT2D eigenvalue weighted by Gasteiger charge is -2.12. The van der Waals surface area contributed by atoms with E-state index in [1.165, 1.54) is 12.3 Å². The summed E-state index contributed by atoms with van der Waals surface area (Å²) in [6.45, 7) is 3.99. The molecule has 0 unspecified atom stereocenters. The van der Waals surface area contributed by atoms with Crippen molar-refractivity contribution in [3.63, 3.8) is 0 Å². The van der Waals surface area contributed by atoms with Crippen LogP contribution in [-0.2, 0) is 0 Å². The molecule has 0 saturated heterocycles. The molecule has 5 nitrogen and oxygen atoms in total. The Morgan fingerprint density at radius 2 is 1.77 bits per heavy atom. The van der Waals surface area contributed by atoms with Crippen molar-refractivity contribution in [2.24, 2.45) is 0 Å². The van der Waals surface area contributed by atoms with Crippen molar-refractivity contribution < 1.29 is 4.79 Å². The molecular formula is C19H16Cl2N4O. The SMILES string of the molecule is Cc1cccc(C)c1Nc1nccc(C(=O)Nc2ccc(Cl)cc2Cl)n1. The molecular weight excluding hydrogens is 371 g/mol. The van der Waals surface area contributed by atoms with Crippen LogP contribution in [0.4, 0.5) is 17.3 Å². The summed E-state index contributed by atoms with van der Waals surface area (Å²) < 4.78 is 0. The number of nitrogens with zero attached hydrogens (tertiary/aromatic N) is 2. The first-order valence-corrected chi connectivity index (χ1v) is 8.62. The van der Waals surface area contributed by atoms with Gasteiger partial charge < -0.3 is 10.6 Å². The number of nitrogens with one attached hydrogen (secondary N) is 2. The third-order valence-corrected chi connectivity index (χ3v) is 4.33. The first-order chi connectivity index (χ1) is 12.4. The Morgan fingerprint density at radius 1 is 1.04 bits per heavy atom. The number of anilines is 3. The van der Waals surface area contributed by atoms with Crippen LogP contribution in [0.2, 0.25) is 10.0 Å². The highest BCUT2D eigenvalue weighted by Gasteiger charge is 2.12. The van der Waals surface area contributed by atoms with E-state index in [0.29, 0.717) is 21.7 Å². The minimum atomic E-state index is -0.388. The summed E-state index contributed by atoms with van der Waals surface area (Å²) in [4.78, 5) is 20.9. The van der Waals surface area contributed by atoms with E-state index < -0.39 is 0 Å². The monoisotopic (exact) mass is 386 g/mol. The van der Waals surface area contributed by atoms with E-state index in [9.17, 15) is 4.79 Å². The highest BCUT2D eigenvalue weighted by molar-refractivity contribution is 6.36. The summed E-state index contributed by atoms with van der Waals surface area (Å²) in [5.41, 5.74) is 3.74. The van der Waals surface area contributed by atoms with Crippen LogP contribution in [0.1, 0.15) is 21.6 Å². The first kappa shape index (κ1) is 18.2. The molecule has 0 bridgehead atoms. The second-order valence-electron chi connectivity index (χ2n) is 5.74. The normalized spacial score (nSPS) is 10.5. The zero-order valence-corrected chi connectivity index (χ0v) is 15.7. The average Bonchev–Trinajstić information content (AvgIpc) is 2.61. The fourth-order valence-corrected chi connectivity index (χ4v) is 2.90. The Kier molecular flexibility index (Phi) is 5.40. The Labute approximate surface area is 161 Å². The molecule has 1 heterocycles. The zero-order valence-electron chi connectivity index (χ0n) is 14.2. The van der Waals surface area contributed by atoms with Gasteiger partial charge in [-0.05, 0) is 49.2 Å². The van der Waals surface area contributed by atoms with Gasteiger partial charge in [0.15, 0.2) is 0 Å². The van der Waals surface area contributed by atoms with Gasteiger partial charge in [-0.15, -0.1) is 0 Å². The maximum absolute atomic E-state index is 12.5. The van der Waals surface area contributed by atoms with E-state index in [2.05, 4.69) is 20.6 Å². The molecule has 0 fully saturated rings. The van der Waals surface area contributed by atoms with E-state index in [1.807, 2.05) is 32.0 Å². The van der Waals surface area contributed by atoms with Gasteiger partial charge in [-0.25, -0.2) is 9.97 Å². The molecule has 7 heteroatoms. The molecule has 2 aromatic carbocycles. The highest BCUT2D eigenvalue weighted by Crippen LogP contribution is 2.26. The third kappa shape index (κ3) is 4.12. The van der Waals surface area contributed by atoms with Gasteiger partial charge in [0, 0.05) is 16.9 Å². The number of amides is 1. The van der Waals surface area contributed by atoms with Crippen LogP contribution in [0.15, 0.2) is 48.7 Å². The number of para-hydroxylation sites is 1. The minimum Gasteiger partial charge on any atom is -0.324 e. The number of carbonyl (C=O) groups excluding carboxylic acids is 1. The lowest BCUT2D eigenvalue weighted by Crippen LogP contribution is -2.15.